The van der Waals surface area contributed by atoms with E-state index < -0.39 is 15.7 Å². The molecular weight excluding hydrogens is 797 g/mol. The van der Waals surface area contributed by atoms with Gasteiger partial charge < -0.3 is 29.7 Å². The number of fused-ring (bicyclic) bond motifs is 3. The number of anilines is 2. The van der Waals surface area contributed by atoms with Gasteiger partial charge in [-0.25, -0.2) is 38.3 Å². The highest BCUT2D eigenvalue weighted by atomic mass is 32.2. The third-order valence-electron chi connectivity index (χ3n) is 8.37. The van der Waals surface area contributed by atoms with Gasteiger partial charge in [-0.2, -0.15) is 0 Å². The molecule has 1 N–H and O–H groups in total. The van der Waals surface area contributed by atoms with Gasteiger partial charge in [0.15, 0.2) is 30.7 Å². The molecular formula is C35H42N12O7S3. The molecule has 1 aliphatic heterocycles. The average molecular weight is 839 g/mol. The lowest BCUT2D eigenvalue weighted by molar-refractivity contribution is -0.129. The van der Waals surface area contributed by atoms with Gasteiger partial charge in [-0.15, -0.1) is 0 Å². The Morgan fingerprint density at radius 1 is 0.789 bits per heavy atom. The normalized spacial score (nSPS) is 11.8. The topological polar surface area (TPSA) is 226 Å². The molecule has 302 valence electrons. The van der Waals surface area contributed by atoms with Crippen molar-refractivity contribution in [2.45, 2.75) is 31.3 Å². The van der Waals surface area contributed by atoms with Crippen molar-refractivity contribution in [2.24, 2.45) is 4.99 Å². The molecule has 5 heterocycles. The Bertz CT molecular complexity index is 2470. The SMILES string of the molecule is CCOc1cc2c(cc1Nc1ncnc3sc(C(=O)N(C)CCC(=O)N(C)C)nc13)C=NC2.CN(C)C(=O)CCN(C)C(=O)c1nc2c(S(C)(=O)=O)ncnc2s1. The second-order valence-corrected chi connectivity index (χ2v) is 17.0. The van der Waals surface area contributed by atoms with E-state index >= 15 is 0 Å². The molecule has 0 bridgehead atoms. The Hall–Kier alpha value is -5.74. The number of carbonyl (C=O) groups excluding carboxylic acids is 4. The summed E-state index contributed by atoms with van der Waals surface area (Å²) in [6.07, 6.45) is 5.86. The number of aliphatic imine (C=N–C) groups is 1. The molecule has 4 aromatic heterocycles. The molecule has 57 heavy (non-hydrogen) atoms. The molecule has 5 aromatic rings. The fourth-order valence-corrected chi connectivity index (χ4v) is 7.78. The summed E-state index contributed by atoms with van der Waals surface area (Å²) in [7, 11) is 6.30. The van der Waals surface area contributed by atoms with Crippen LogP contribution in [0.1, 0.15) is 50.5 Å². The van der Waals surface area contributed by atoms with Crippen molar-refractivity contribution in [2.75, 3.05) is 73.6 Å². The van der Waals surface area contributed by atoms with E-state index in [0.29, 0.717) is 51.4 Å². The van der Waals surface area contributed by atoms with E-state index in [4.69, 9.17) is 4.74 Å². The number of aromatic nitrogens is 6. The van der Waals surface area contributed by atoms with Crippen molar-refractivity contribution < 1.29 is 32.3 Å². The van der Waals surface area contributed by atoms with Crippen LogP contribution in [0.3, 0.4) is 0 Å². The lowest BCUT2D eigenvalue weighted by Gasteiger charge is -2.17. The van der Waals surface area contributed by atoms with Crippen LogP contribution in [0.2, 0.25) is 0 Å². The van der Waals surface area contributed by atoms with Gasteiger partial charge in [-0.3, -0.25) is 24.2 Å². The van der Waals surface area contributed by atoms with Crippen molar-refractivity contribution in [1.29, 1.82) is 0 Å². The average Bonchev–Trinajstić information content (AvgIpc) is 3.93. The van der Waals surface area contributed by atoms with E-state index in [1.54, 1.807) is 42.3 Å². The summed E-state index contributed by atoms with van der Waals surface area (Å²) in [5.74, 6) is 0.384. The number of benzene rings is 1. The molecule has 1 aliphatic rings. The summed E-state index contributed by atoms with van der Waals surface area (Å²) >= 11 is 2.18. The summed E-state index contributed by atoms with van der Waals surface area (Å²) in [6, 6.07) is 3.95. The van der Waals surface area contributed by atoms with Crippen molar-refractivity contribution >= 4 is 94.6 Å². The fraction of sp³-hybridized carbons (Fsp3) is 0.400. The maximum absolute atomic E-state index is 12.9. The number of ether oxygens (including phenoxy) is 1. The van der Waals surface area contributed by atoms with E-state index in [1.165, 1.54) is 37.3 Å². The van der Waals surface area contributed by atoms with Crippen molar-refractivity contribution in [3.63, 3.8) is 0 Å². The molecule has 0 unspecified atom stereocenters. The van der Waals surface area contributed by atoms with E-state index in [1.807, 2.05) is 25.3 Å². The predicted octanol–water partition coefficient (Wildman–Crippen LogP) is 2.75. The van der Waals surface area contributed by atoms with Crippen LogP contribution in [0, 0.1) is 0 Å². The highest BCUT2D eigenvalue weighted by Gasteiger charge is 2.24. The lowest BCUT2D eigenvalue weighted by atomic mass is 10.1. The van der Waals surface area contributed by atoms with Crippen LogP contribution in [0.4, 0.5) is 11.5 Å². The summed E-state index contributed by atoms with van der Waals surface area (Å²) in [5, 5.41) is 3.49. The Labute approximate surface area is 336 Å². The van der Waals surface area contributed by atoms with Crippen LogP contribution in [-0.2, 0) is 26.0 Å². The number of carbonyl (C=O) groups is 4. The number of amides is 4. The molecule has 6 rings (SSSR count). The molecule has 0 radical (unpaired) electrons. The van der Waals surface area contributed by atoms with Gasteiger partial charge in [0, 0.05) is 80.7 Å². The number of hydrogen-bond acceptors (Lipinski definition) is 17. The van der Waals surface area contributed by atoms with Crippen LogP contribution in [0.15, 0.2) is 34.8 Å². The molecule has 4 amide bonds. The summed E-state index contributed by atoms with van der Waals surface area (Å²) in [5.41, 5.74) is 3.46. The zero-order chi connectivity index (χ0) is 41.6. The van der Waals surface area contributed by atoms with Gasteiger partial charge in [-0.1, -0.05) is 22.7 Å². The zero-order valence-corrected chi connectivity index (χ0v) is 35.1. The van der Waals surface area contributed by atoms with E-state index in [0.717, 1.165) is 40.7 Å². The molecule has 0 fully saturated rings. The third-order valence-corrected chi connectivity index (χ3v) is 11.3. The number of nitrogens with one attached hydrogen (secondary N) is 1. The largest absolute Gasteiger partial charge is 0.492 e. The van der Waals surface area contributed by atoms with Crippen LogP contribution in [0.5, 0.6) is 5.75 Å². The van der Waals surface area contributed by atoms with Gasteiger partial charge in [0.25, 0.3) is 11.8 Å². The second-order valence-electron chi connectivity index (χ2n) is 13.1. The Kier molecular flexibility index (Phi) is 13.4. The Morgan fingerprint density at radius 3 is 1.88 bits per heavy atom. The van der Waals surface area contributed by atoms with Crippen LogP contribution in [0.25, 0.3) is 20.7 Å². The van der Waals surface area contributed by atoms with E-state index in [-0.39, 0.29) is 52.7 Å². The minimum absolute atomic E-state index is 0.0409. The first-order chi connectivity index (χ1) is 27.0. The molecule has 0 spiro atoms. The summed E-state index contributed by atoms with van der Waals surface area (Å²) in [4.78, 5) is 84.7. The second kappa shape index (κ2) is 18.0. The molecule has 22 heteroatoms. The molecule has 1 aromatic carbocycles. The predicted molar refractivity (Wildman–Crippen MR) is 216 cm³/mol. The third kappa shape index (κ3) is 10.2. The minimum Gasteiger partial charge on any atom is -0.492 e. The Balaban J connectivity index is 0.000000230. The highest BCUT2D eigenvalue weighted by Crippen LogP contribution is 2.35. The van der Waals surface area contributed by atoms with Gasteiger partial charge in [0.05, 0.1) is 18.8 Å². The Morgan fingerprint density at radius 2 is 1.33 bits per heavy atom. The lowest BCUT2D eigenvalue weighted by Crippen LogP contribution is -2.32. The highest BCUT2D eigenvalue weighted by molar-refractivity contribution is 7.90. The van der Waals surface area contributed by atoms with Gasteiger partial charge in [0.1, 0.15) is 39.1 Å². The first-order valence-corrected chi connectivity index (χ1v) is 20.9. The van der Waals surface area contributed by atoms with Crippen molar-refractivity contribution in [1.82, 2.24) is 49.5 Å². The summed E-state index contributed by atoms with van der Waals surface area (Å²) in [6.45, 7) is 3.62. The zero-order valence-electron chi connectivity index (χ0n) is 32.6. The molecule has 0 atom stereocenters. The van der Waals surface area contributed by atoms with Gasteiger partial charge in [0.2, 0.25) is 11.8 Å². The smallest absolute Gasteiger partial charge is 0.282 e. The number of thiazole rings is 2. The molecule has 0 aliphatic carbocycles. The van der Waals surface area contributed by atoms with Crippen molar-refractivity contribution in [3.8, 4) is 5.75 Å². The maximum Gasteiger partial charge on any atom is 0.282 e. The van der Waals surface area contributed by atoms with Gasteiger partial charge >= 0.3 is 0 Å². The minimum atomic E-state index is -3.58. The van der Waals surface area contributed by atoms with Crippen molar-refractivity contribution in [3.05, 3.63) is 45.9 Å². The first kappa shape index (κ1) is 42.4. The maximum atomic E-state index is 12.9. The standard InChI is InChI=1S/C22H25N7O3S.C13H17N5O4S2/c1-5-32-16-9-14-11-23-10-13(14)8-15(16)26-19-18-20(25-12-24-19)33-21(27-18)22(31)29(4)7-6-17(30)28(2)3;1-17(2)8(19)5-6-18(3)13(20)11-16-9-10(23-11)14-7-15-12(9)24(4,21)22/h8-10,12H,5-7,11H2,1-4H3,(H,24,25,26);7H,5-6H2,1-4H3. The fourth-order valence-electron chi connectivity index (χ4n) is 5.18. The number of rotatable bonds is 13. The monoisotopic (exact) mass is 838 g/mol. The molecule has 19 nitrogen and oxygen atoms in total. The number of hydrogen-bond donors (Lipinski definition) is 1. The van der Waals surface area contributed by atoms with Crippen LogP contribution >= 0.6 is 22.7 Å². The number of sulfone groups is 1. The van der Waals surface area contributed by atoms with Gasteiger partial charge in [-0.05, 0) is 30.2 Å². The molecule has 0 saturated heterocycles. The first-order valence-electron chi connectivity index (χ1n) is 17.4. The quantitative estimate of drug-likeness (QED) is 0.168. The van der Waals surface area contributed by atoms with Crippen LogP contribution in [-0.4, -0.2) is 156 Å². The molecule has 0 saturated carbocycles. The van der Waals surface area contributed by atoms with E-state index in [9.17, 15) is 27.6 Å². The number of nitrogens with zero attached hydrogens (tertiary/aromatic N) is 11. The van der Waals surface area contributed by atoms with E-state index in [2.05, 4.69) is 40.2 Å². The van der Waals surface area contributed by atoms with Crippen LogP contribution < -0.4 is 10.1 Å². The summed E-state index contributed by atoms with van der Waals surface area (Å²) < 4.78 is 29.3.